The number of thiazole rings is 1. The molecular formula is C19H14ClF3N2O2S. The van der Waals surface area contributed by atoms with Crippen molar-refractivity contribution in [2.24, 2.45) is 0 Å². The molecule has 0 atom stereocenters. The third kappa shape index (κ3) is 5.02. The Balaban J connectivity index is 1.83. The van der Waals surface area contributed by atoms with E-state index in [4.69, 9.17) is 16.3 Å². The molecular weight excluding hydrogens is 413 g/mol. The van der Waals surface area contributed by atoms with E-state index >= 15 is 0 Å². The number of halogens is 4. The summed E-state index contributed by atoms with van der Waals surface area (Å²) in [5, 5.41) is 3.48. The Morgan fingerprint density at radius 2 is 1.93 bits per heavy atom. The van der Waals surface area contributed by atoms with Crippen LogP contribution in [0.25, 0.3) is 10.6 Å². The zero-order chi connectivity index (χ0) is 20.3. The van der Waals surface area contributed by atoms with Crippen molar-refractivity contribution in [1.82, 2.24) is 4.98 Å². The first-order chi connectivity index (χ1) is 13.2. The lowest BCUT2D eigenvalue weighted by molar-refractivity contribution is -0.153. The van der Waals surface area contributed by atoms with Gasteiger partial charge in [-0.3, -0.25) is 4.79 Å². The van der Waals surface area contributed by atoms with Gasteiger partial charge in [0.05, 0.1) is 11.4 Å². The van der Waals surface area contributed by atoms with Gasteiger partial charge in [-0.15, -0.1) is 11.3 Å². The van der Waals surface area contributed by atoms with Gasteiger partial charge >= 0.3 is 6.18 Å². The van der Waals surface area contributed by atoms with Crippen molar-refractivity contribution >= 4 is 34.5 Å². The number of nitrogens with one attached hydrogen (secondary N) is 1. The highest BCUT2D eigenvalue weighted by Crippen LogP contribution is 2.32. The molecule has 0 saturated carbocycles. The largest absolute Gasteiger partial charge is 0.482 e. The third-order valence-electron chi connectivity index (χ3n) is 3.60. The molecule has 0 radical (unpaired) electrons. The Bertz CT molecular complexity index is 991. The van der Waals surface area contributed by atoms with Crippen LogP contribution in [0.5, 0.6) is 5.75 Å². The molecule has 1 amide bonds. The van der Waals surface area contributed by atoms with E-state index in [1.807, 2.05) is 30.3 Å². The number of carbonyl (C=O) groups is 1. The molecule has 0 aliphatic rings. The summed E-state index contributed by atoms with van der Waals surface area (Å²) in [5.74, 6) is -0.628. The van der Waals surface area contributed by atoms with E-state index in [0.29, 0.717) is 15.6 Å². The number of aryl methyl sites for hydroxylation is 1. The summed E-state index contributed by atoms with van der Waals surface area (Å²) in [6.45, 7) is 0.214. The van der Waals surface area contributed by atoms with Gasteiger partial charge in [-0.2, -0.15) is 13.2 Å². The summed E-state index contributed by atoms with van der Waals surface area (Å²) in [5.41, 5.74) is 1.43. The molecule has 3 rings (SSSR count). The zero-order valence-electron chi connectivity index (χ0n) is 14.5. The Labute approximate surface area is 167 Å². The lowest BCUT2D eigenvalue weighted by atomic mass is 10.2. The van der Waals surface area contributed by atoms with E-state index in [1.54, 1.807) is 6.92 Å². The molecule has 0 fully saturated rings. The number of nitrogens with zero attached hydrogens (tertiary/aromatic N) is 1. The van der Waals surface area contributed by atoms with Crippen LogP contribution in [-0.2, 0) is 0 Å². The number of hydrogen-bond acceptors (Lipinski definition) is 4. The number of alkyl halides is 3. The highest BCUT2D eigenvalue weighted by molar-refractivity contribution is 7.17. The van der Waals surface area contributed by atoms with Crippen molar-refractivity contribution in [3.63, 3.8) is 0 Å². The predicted molar refractivity (Wildman–Crippen MR) is 103 cm³/mol. The molecule has 3 aromatic rings. The molecule has 1 aromatic heterocycles. The average Bonchev–Trinajstić information content (AvgIpc) is 3.03. The number of amides is 1. The second-order valence-electron chi connectivity index (χ2n) is 5.80. The quantitative estimate of drug-likeness (QED) is 0.547. The topological polar surface area (TPSA) is 51.2 Å². The van der Waals surface area contributed by atoms with Gasteiger partial charge in [0.25, 0.3) is 5.91 Å². The number of benzene rings is 2. The van der Waals surface area contributed by atoms with Crippen molar-refractivity contribution in [2.45, 2.75) is 13.1 Å². The van der Waals surface area contributed by atoms with Gasteiger partial charge in [0.15, 0.2) is 6.61 Å². The van der Waals surface area contributed by atoms with E-state index in [-0.39, 0.29) is 16.5 Å². The number of anilines is 1. The van der Waals surface area contributed by atoms with Crippen molar-refractivity contribution in [2.75, 3.05) is 11.9 Å². The van der Waals surface area contributed by atoms with Crippen molar-refractivity contribution in [3.8, 4) is 16.3 Å². The summed E-state index contributed by atoms with van der Waals surface area (Å²) in [6, 6.07) is 13.3. The minimum atomic E-state index is -4.50. The average molecular weight is 427 g/mol. The summed E-state index contributed by atoms with van der Waals surface area (Å²) < 4.78 is 42.1. The third-order valence-corrected chi connectivity index (χ3v) is 5.05. The van der Waals surface area contributed by atoms with Gasteiger partial charge in [0, 0.05) is 10.6 Å². The normalized spacial score (nSPS) is 11.3. The highest BCUT2D eigenvalue weighted by atomic mass is 35.5. The van der Waals surface area contributed by atoms with Gasteiger partial charge in [-0.25, -0.2) is 4.98 Å². The number of rotatable bonds is 5. The summed E-state index contributed by atoms with van der Waals surface area (Å²) >= 11 is 7.10. The van der Waals surface area contributed by atoms with Gasteiger partial charge in [0.2, 0.25) is 0 Å². The molecule has 0 aliphatic carbocycles. The van der Waals surface area contributed by atoms with Crippen LogP contribution in [0.15, 0.2) is 48.5 Å². The van der Waals surface area contributed by atoms with E-state index in [1.165, 1.54) is 29.5 Å². The molecule has 1 heterocycles. The van der Waals surface area contributed by atoms with Gasteiger partial charge in [-0.1, -0.05) is 41.9 Å². The molecule has 0 unspecified atom stereocenters. The van der Waals surface area contributed by atoms with Crippen LogP contribution >= 0.6 is 22.9 Å². The second-order valence-corrected chi connectivity index (χ2v) is 7.23. The minimum absolute atomic E-state index is 0.0517. The van der Waals surface area contributed by atoms with Crippen LogP contribution in [0.4, 0.5) is 18.9 Å². The van der Waals surface area contributed by atoms with Crippen LogP contribution < -0.4 is 10.1 Å². The SMILES string of the molecule is Cc1nc(-c2ccccc2)sc1C(=O)Nc1cc(Cl)ccc1OCC(F)(F)F. The predicted octanol–water partition coefficient (Wildman–Crippen LogP) is 5.97. The Hall–Kier alpha value is -2.58. The van der Waals surface area contributed by atoms with E-state index in [2.05, 4.69) is 10.3 Å². The first-order valence-electron chi connectivity index (χ1n) is 8.06. The number of ether oxygens (including phenoxy) is 1. The fraction of sp³-hybridized carbons (Fsp3) is 0.158. The van der Waals surface area contributed by atoms with Crippen molar-refractivity contribution in [1.29, 1.82) is 0 Å². The van der Waals surface area contributed by atoms with Gasteiger partial charge in [-0.05, 0) is 25.1 Å². The van der Waals surface area contributed by atoms with Crippen LogP contribution in [0.2, 0.25) is 5.02 Å². The van der Waals surface area contributed by atoms with E-state index < -0.39 is 18.7 Å². The maximum atomic E-state index is 12.7. The molecule has 146 valence electrons. The van der Waals surface area contributed by atoms with Crippen molar-refractivity contribution < 1.29 is 22.7 Å². The van der Waals surface area contributed by atoms with Gasteiger partial charge in [0.1, 0.15) is 15.6 Å². The number of aromatic nitrogens is 1. The Kier molecular flexibility index (Phi) is 5.90. The number of carbonyl (C=O) groups excluding carboxylic acids is 1. The summed E-state index contributed by atoms with van der Waals surface area (Å²) in [7, 11) is 0. The number of hydrogen-bond donors (Lipinski definition) is 1. The molecule has 9 heteroatoms. The molecule has 28 heavy (non-hydrogen) atoms. The Morgan fingerprint density at radius 1 is 1.21 bits per heavy atom. The summed E-state index contributed by atoms with van der Waals surface area (Å²) in [6.07, 6.45) is -4.50. The maximum absolute atomic E-state index is 12.7. The lowest BCUT2D eigenvalue weighted by Crippen LogP contribution is -2.20. The minimum Gasteiger partial charge on any atom is -0.482 e. The molecule has 0 aliphatic heterocycles. The van der Waals surface area contributed by atoms with E-state index in [9.17, 15) is 18.0 Å². The molecule has 4 nitrogen and oxygen atoms in total. The first kappa shape index (κ1) is 20.2. The van der Waals surface area contributed by atoms with Crippen LogP contribution in [0.1, 0.15) is 15.4 Å². The molecule has 0 bridgehead atoms. The highest BCUT2D eigenvalue weighted by Gasteiger charge is 2.29. The van der Waals surface area contributed by atoms with E-state index in [0.717, 1.165) is 5.56 Å². The van der Waals surface area contributed by atoms with Gasteiger partial charge < -0.3 is 10.1 Å². The molecule has 0 spiro atoms. The fourth-order valence-corrected chi connectivity index (χ4v) is 3.51. The van der Waals surface area contributed by atoms with Crippen LogP contribution in [-0.4, -0.2) is 23.7 Å². The van der Waals surface area contributed by atoms with Crippen LogP contribution in [0.3, 0.4) is 0 Å². The monoisotopic (exact) mass is 426 g/mol. The molecule has 1 N–H and O–H groups in total. The first-order valence-corrected chi connectivity index (χ1v) is 9.26. The second kappa shape index (κ2) is 8.20. The van der Waals surface area contributed by atoms with Crippen molar-refractivity contribution in [3.05, 3.63) is 64.1 Å². The standard InChI is InChI=1S/C19H14ClF3N2O2S/c1-11-16(28-18(24-11)12-5-3-2-4-6-12)17(26)25-14-9-13(20)7-8-15(14)27-10-19(21,22)23/h2-9H,10H2,1H3,(H,25,26). The summed E-state index contributed by atoms with van der Waals surface area (Å²) in [4.78, 5) is 17.4. The van der Waals surface area contributed by atoms with Crippen LogP contribution in [0, 0.1) is 6.92 Å². The maximum Gasteiger partial charge on any atom is 0.422 e. The molecule has 0 saturated heterocycles. The fourth-order valence-electron chi connectivity index (χ4n) is 2.38. The smallest absolute Gasteiger partial charge is 0.422 e. The Morgan fingerprint density at radius 3 is 2.61 bits per heavy atom. The zero-order valence-corrected chi connectivity index (χ0v) is 16.1. The lowest BCUT2D eigenvalue weighted by Gasteiger charge is -2.14. The molecule has 2 aromatic carbocycles.